The second-order valence-corrected chi connectivity index (χ2v) is 5.06. The Bertz CT molecular complexity index is 687. The molecule has 110 valence electrons. The molecule has 5 N–H and O–H groups in total. The number of aromatic nitrogens is 5. The van der Waals surface area contributed by atoms with Crippen molar-refractivity contribution in [2.75, 3.05) is 11.5 Å². The van der Waals surface area contributed by atoms with E-state index >= 15 is 0 Å². The molecule has 0 radical (unpaired) electrons. The fourth-order valence-corrected chi connectivity index (χ4v) is 2.66. The van der Waals surface area contributed by atoms with E-state index in [1.165, 1.54) is 11.8 Å². The summed E-state index contributed by atoms with van der Waals surface area (Å²) in [5.74, 6) is 0.0837. The Morgan fingerprint density at radius 1 is 1.10 bits per heavy atom. The van der Waals surface area contributed by atoms with Crippen LogP contribution in [0.4, 0.5) is 11.9 Å². The molecule has 0 saturated heterocycles. The zero-order chi connectivity index (χ0) is 15.6. The van der Waals surface area contributed by atoms with E-state index in [1.54, 1.807) is 13.8 Å². The van der Waals surface area contributed by atoms with Gasteiger partial charge in [-0.15, -0.1) is 0 Å². The third kappa shape index (κ3) is 3.54. The highest BCUT2D eigenvalue weighted by molar-refractivity contribution is 7.98. The predicted molar refractivity (Wildman–Crippen MR) is 76.7 cm³/mol. The van der Waals surface area contributed by atoms with Gasteiger partial charge in [0.05, 0.1) is 11.4 Å². The number of carboxylic acid groups (broad SMARTS) is 1. The van der Waals surface area contributed by atoms with E-state index in [9.17, 15) is 9.90 Å². The molecule has 0 amide bonds. The topological polar surface area (TPSA) is 154 Å². The van der Waals surface area contributed by atoms with Crippen LogP contribution in [0.3, 0.4) is 0 Å². The van der Waals surface area contributed by atoms with Gasteiger partial charge in [-0.25, -0.2) is 14.8 Å². The Morgan fingerprint density at radius 3 is 2.29 bits per heavy atom. The summed E-state index contributed by atoms with van der Waals surface area (Å²) in [7, 11) is 0. The van der Waals surface area contributed by atoms with Crippen molar-refractivity contribution in [2.45, 2.75) is 24.6 Å². The first-order valence-corrected chi connectivity index (χ1v) is 6.82. The molecule has 0 aliphatic rings. The third-order valence-electron chi connectivity index (χ3n) is 2.44. The Labute approximate surface area is 124 Å². The van der Waals surface area contributed by atoms with Crippen molar-refractivity contribution < 1.29 is 9.90 Å². The van der Waals surface area contributed by atoms with E-state index in [0.717, 1.165) is 0 Å². The standard InChI is InChI=1S/C11H13N7O2S/c1-4-7(9(19)20)8(15-5(2)14-4)21-3-6-16-10(12)18-11(13)17-6/h3H2,1-2H3,(H,19,20)(H4,12,13,16,17,18). The van der Waals surface area contributed by atoms with Gasteiger partial charge in [0.2, 0.25) is 11.9 Å². The lowest BCUT2D eigenvalue weighted by atomic mass is 10.2. The molecule has 2 aromatic rings. The molecule has 2 rings (SSSR count). The van der Waals surface area contributed by atoms with Crippen molar-refractivity contribution in [1.29, 1.82) is 0 Å². The molecule has 0 aromatic carbocycles. The quantitative estimate of drug-likeness (QED) is 0.535. The molecule has 0 aliphatic carbocycles. The molecule has 0 atom stereocenters. The summed E-state index contributed by atoms with van der Waals surface area (Å²) in [4.78, 5) is 31.0. The van der Waals surface area contributed by atoms with Gasteiger partial charge in [-0.05, 0) is 13.8 Å². The van der Waals surface area contributed by atoms with Crippen LogP contribution in [0.5, 0.6) is 0 Å². The number of carbonyl (C=O) groups is 1. The number of carboxylic acids is 1. The molecular formula is C11H13N7O2S. The molecule has 0 fully saturated rings. The number of nitrogen functional groups attached to an aromatic ring is 2. The van der Waals surface area contributed by atoms with Gasteiger partial charge in [0.25, 0.3) is 0 Å². The zero-order valence-electron chi connectivity index (χ0n) is 11.4. The van der Waals surface area contributed by atoms with E-state index in [0.29, 0.717) is 22.4 Å². The van der Waals surface area contributed by atoms with Crippen LogP contribution >= 0.6 is 11.8 Å². The number of nitrogens with two attached hydrogens (primary N) is 2. The van der Waals surface area contributed by atoms with Crippen LogP contribution in [-0.2, 0) is 5.75 Å². The van der Waals surface area contributed by atoms with Crippen molar-refractivity contribution >= 4 is 29.6 Å². The van der Waals surface area contributed by atoms with Crippen LogP contribution in [-0.4, -0.2) is 36.0 Å². The number of thioether (sulfide) groups is 1. The fraction of sp³-hybridized carbons (Fsp3) is 0.273. The highest BCUT2D eigenvalue weighted by atomic mass is 32.2. The monoisotopic (exact) mass is 307 g/mol. The fourth-order valence-electron chi connectivity index (χ4n) is 1.69. The summed E-state index contributed by atoms with van der Waals surface area (Å²) in [6.45, 7) is 3.32. The third-order valence-corrected chi connectivity index (χ3v) is 3.41. The molecule has 0 saturated carbocycles. The van der Waals surface area contributed by atoms with Gasteiger partial charge in [0.15, 0.2) is 0 Å². The first-order chi connectivity index (χ1) is 9.86. The van der Waals surface area contributed by atoms with E-state index in [1.807, 2.05) is 0 Å². The van der Waals surface area contributed by atoms with Crippen LogP contribution in [0, 0.1) is 13.8 Å². The summed E-state index contributed by atoms with van der Waals surface area (Å²) in [6, 6.07) is 0. The summed E-state index contributed by atoms with van der Waals surface area (Å²) in [5.41, 5.74) is 11.4. The highest BCUT2D eigenvalue weighted by Gasteiger charge is 2.18. The van der Waals surface area contributed by atoms with Crippen molar-refractivity contribution in [1.82, 2.24) is 24.9 Å². The molecule has 9 nitrogen and oxygen atoms in total. The van der Waals surface area contributed by atoms with Crippen molar-refractivity contribution in [2.24, 2.45) is 0 Å². The van der Waals surface area contributed by atoms with Gasteiger partial charge >= 0.3 is 5.97 Å². The molecule has 2 aromatic heterocycles. The minimum atomic E-state index is -1.08. The normalized spacial score (nSPS) is 10.6. The number of hydrogen-bond acceptors (Lipinski definition) is 9. The van der Waals surface area contributed by atoms with Crippen molar-refractivity contribution in [3.8, 4) is 0 Å². The zero-order valence-corrected chi connectivity index (χ0v) is 12.2. The maximum Gasteiger partial charge on any atom is 0.340 e. The van der Waals surface area contributed by atoms with Crippen molar-refractivity contribution in [3.05, 3.63) is 22.9 Å². The summed E-state index contributed by atoms with van der Waals surface area (Å²) < 4.78 is 0. The van der Waals surface area contributed by atoms with E-state index < -0.39 is 5.97 Å². The first kappa shape index (κ1) is 14.9. The first-order valence-electron chi connectivity index (χ1n) is 5.84. The Kier molecular flexibility index (Phi) is 4.17. The molecule has 10 heteroatoms. The molecular weight excluding hydrogens is 294 g/mol. The lowest BCUT2D eigenvalue weighted by Gasteiger charge is -2.08. The lowest BCUT2D eigenvalue weighted by molar-refractivity contribution is 0.0690. The Balaban J connectivity index is 2.29. The molecule has 0 aliphatic heterocycles. The molecule has 0 spiro atoms. The maximum absolute atomic E-state index is 11.3. The summed E-state index contributed by atoms with van der Waals surface area (Å²) in [6.07, 6.45) is 0. The summed E-state index contributed by atoms with van der Waals surface area (Å²) >= 11 is 1.18. The van der Waals surface area contributed by atoms with Gasteiger partial charge in [0.1, 0.15) is 22.2 Å². The van der Waals surface area contributed by atoms with E-state index in [2.05, 4.69) is 24.9 Å². The SMILES string of the molecule is Cc1nc(C)c(C(=O)O)c(SCc2nc(N)nc(N)n2)n1. The van der Waals surface area contributed by atoms with Gasteiger partial charge in [0, 0.05) is 0 Å². The number of rotatable bonds is 4. The number of hydrogen-bond donors (Lipinski definition) is 3. The van der Waals surface area contributed by atoms with Gasteiger partial charge in [-0.2, -0.15) is 15.0 Å². The largest absolute Gasteiger partial charge is 0.478 e. The molecule has 21 heavy (non-hydrogen) atoms. The average Bonchev–Trinajstić information content (AvgIpc) is 2.33. The van der Waals surface area contributed by atoms with E-state index in [-0.39, 0.29) is 23.2 Å². The van der Waals surface area contributed by atoms with Crippen LogP contribution in [0.15, 0.2) is 5.03 Å². The average molecular weight is 307 g/mol. The second-order valence-electron chi connectivity index (χ2n) is 4.10. The molecule has 2 heterocycles. The van der Waals surface area contributed by atoms with Gasteiger partial charge in [-0.1, -0.05) is 11.8 Å². The predicted octanol–water partition coefficient (Wildman–Crippen LogP) is 0.433. The highest BCUT2D eigenvalue weighted by Crippen LogP contribution is 2.25. The van der Waals surface area contributed by atoms with Crippen LogP contribution in [0.25, 0.3) is 0 Å². The Morgan fingerprint density at radius 2 is 1.71 bits per heavy atom. The van der Waals surface area contributed by atoms with Crippen molar-refractivity contribution in [3.63, 3.8) is 0 Å². The summed E-state index contributed by atoms with van der Waals surface area (Å²) in [5, 5.41) is 9.60. The number of nitrogens with zero attached hydrogens (tertiary/aromatic N) is 5. The molecule has 0 unspecified atom stereocenters. The lowest BCUT2D eigenvalue weighted by Crippen LogP contribution is -2.09. The van der Waals surface area contributed by atoms with Gasteiger partial charge in [-0.3, -0.25) is 0 Å². The number of aryl methyl sites for hydroxylation is 2. The Hall–Kier alpha value is -2.49. The number of anilines is 2. The van der Waals surface area contributed by atoms with Crippen LogP contribution in [0.2, 0.25) is 0 Å². The second kappa shape index (κ2) is 5.87. The minimum Gasteiger partial charge on any atom is -0.478 e. The van der Waals surface area contributed by atoms with E-state index in [4.69, 9.17) is 11.5 Å². The smallest absolute Gasteiger partial charge is 0.340 e. The van der Waals surface area contributed by atoms with Crippen LogP contribution in [0.1, 0.15) is 27.7 Å². The minimum absolute atomic E-state index is 0.0200. The maximum atomic E-state index is 11.3. The van der Waals surface area contributed by atoms with Gasteiger partial charge < -0.3 is 16.6 Å². The molecule has 0 bridgehead atoms. The van der Waals surface area contributed by atoms with Crippen LogP contribution < -0.4 is 11.5 Å². The number of aromatic carboxylic acids is 1.